The van der Waals surface area contributed by atoms with Gasteiger partial charge in [0.05, 0.1) is 12.2 Å². The van der Waals surface area contributed by atoms with Gasteiger partial charge in [-0.25, -0.2) is 0 Å². The molecular formula is C7H14O2. The first-order chi connectivity index (χ1) is 4.22. The molecular weight excluding hydrogens is 116 g/mol. The third-order valence-corrected chi connectivity index (χ3v) is 2.02. The van der Waals surface area contributed by atoms with Crippen LogP contribution in [0, 0.1) is 5.92 Å². The first kappa shape index (κ1) is 7.03. The zero-order valence-corrected chi connectivity index (χ0v) is 6.00. The van der Waals surface area contributed by atoms with Crippen molar-refractivity contribution in [2.75, 3.05) is 6.61 Å². The summed E-state index contributed by atoms with van der Waals surface area (Å²) >= 11 is 0. The molecule has 0 unspecified atom stereocenters. The van der Waals surface area contributed by atoms with Crippen molar-refractivity contribution in [1.82, 2.24) is 0 Å². The van der Waals surface area contributed by atoms with Crippen molar-refractivity contribution in [1.29, 1.82) is 0 Å². The second-order valence-electron chi connectivity index (χ2n) is 2.83. The van der Waals surface area contributed by atoms with E-state index in [2.05, 4.69) is 6.92 Å². The highest BCUT2D eigenvalue weighted by molar-refractivity contribution is 4.74. The Balaban J connectivity index is 2.41. The molecule has 2 nitrogen and oxygen atoms in total. The van der Waals surface area contributed by atoms with E-state index in [0.717, 1.165) is 13.0 Å². The van der Waals surface area contributed by atoms with Crippen LogP contribution in [0.3, 0.4) is 0 Å². The smallest absolute Gasteiger partial charge is 0.0825 e. The van der Waals surface area contributed by atoms with E-state index in [1.54, 1.807) is 0 Å². The molecule has 0 spiro atoms. The van der Waals surface area contributed by atoms with Gasteiger partial charge < -0.3 is 9.84 Å². The van der Waals surface area contributed by atoms with E-state index < -0.39 is 0 Å². The van der Waals surface area contributed by atoms with Crippen LogP contribution in [0.4, 0.5) is 0 Å². The highest BCUT2D eigenvalue weighted by Gasteiger charge is 2.25. The van der Waals surface area contributed by atoms with Gasteiger partial charge in [-0.2, -0.15) is 0 Å². The third kappa shape index (κ3) is 1.43. The quantitative estimate of drug-likeness (QED) is 0.525. The molecule has 0 aromatic heterocycles. The van der Waals surface area contributed by atoms with E-state index >= 15 is 0 Å². The first-order valence-corrected chi connectivity index (χ1v) is 3.51. The highest BCUT2D eigenvalue weighted by Crippen LogP contribution is 2.19. The minimum absolute atomic E-state index is 0.0359. The number of hydrogen-bond acceptors (Lipinski definition) is 2. The van der Waals surface area contributed by atoms with Gasteiger partial charge in [-0.15, -0.1) is 0 Å². The Morgan fingerprint density at radius 1 is 1.44 bits per heavy atom. The molecule has 0 saturated carbocycles. The molecule has 54 valence electrons. The molecule has 1 heterocycles. The van der Waals surface area contributed by atoms with Crippen LogP contribution >= 0.6 is 0 Å². The minimum atomic E-state index is -0.251. The molecule has 0 bridgehead atoms. The maximum Gasteiger partial charge on any atom is 0.0825 e. The molecule has 1 aliphatic rings. The summed E-state index contributed by atoms with van der Waals surface area (Å²) in [7, 11) is 0. The van der Waals surface area contributed by atoms with Gasteiger partial charge in [-0.1, -0.05) is 6.92 Å². The molecule has 3 atom stereocenters. The zero-order valence-electron chi connectivity index (χ0n) is 6.00. The van der Waals surface area contributed by atoms with Gasteiger partial charge in [0.2, 0.25) is 0 Å². The predicted molar refractivity (Wildman–Crippen MR) is 35.2 cm³/mol. The number of hydrogen-bond donors (Lipinski definition) is 1. The van der Waals surface area contributed by atoms with E-state index in [1.807, 2.05) is 6.92 Å². The van der Waals surface area contributed by atoms with Crippen molar-refractivity contribution in [2.24, 2.45) is 5.92 Å². The van der Waals surface area contributed by atoms with Crippen LogP contribution in [0.15, 0.2) is 0 Å². The van der Waals surface area contributed by atoms with Crippen molar-refractivity contribution in [3.8, 4) is 0 Å². The van der Waals surface area contributed by atoms with E-state index in [1.165, 1.54) is 0 Å². The van der Waals surface area contributed by atoms with Crippen LogP contribution in [-0.4, -0.2) is 23.9 Å². The average Bonchev–Trinajstić information content (AvgIpc) is 1.83. The summed E-state index contributed by atoms with van der Waals surface area (Å²) in [6, 6.07) is 0. The van der Waals surface area contributed by atoms with Crippen molar-refractivity contribution >= 4 is 0 Å². The monoisotopic (exact) mass is 130 g/mol. The maximum atomic E-state index is 9.32. The zero-order chi connectivity index (χ0) is 6.85. The van der Waals surface area contributed by atoms with E-state index in [9.17, 15) is 5.11 Å². The fraction of sp³-hybridized carbons (Fsp3) is 1.00. The Bertz CT molecular complexity index is 82.9. The van der Waals surface area contributed by atoms with Gasteiger partial charge in [-0.3, -0.25) is 0 Å². The highest BCUT2D eigenvalue weighted by atomic mass is 16.5. The van der Waals surface area contributed by atoms with E-state index in [0.29, 0.717) is 5.92 Å². The van der Waals surface area contributed by atoms with Crippen molar-refractivity contribution in [3.05, 3.63) is 0 Å². The van der Waals surface area contributed by atoms with Gasteiger partial charge in [-0.05, 0) is 19.3 Å². The second-order valence-corrected chi connectivity index (χ2v) is 2.83. The molecule has 1 rings (SSSR count). The van der Waals surface area contributed by atoms with Crippen molar-refractivity contribution < 1.29 is 9.84 Å². The van der Waals surface area contributed by atoms with Crippen molar-refractivity contribution in [3.63, 3.8) is 0 Å². The van der Waals surface area contributed by atoms with E-state index in [4.69, 9.17) is 4.74 Å². The van der Waals surface area contributed by atoms with Crippen LogP contribution in [0.2, 0.25) is 0 Å². The summed E-state index contributed by atoms with van der Waals surface area (Å²) in [5.41, 5.74) is 0. The molecule has 0 radical (unpaired) electrons. The van der Waals surface area contributed by atoms with Crippen LogP contribution in [0.5, 0.6) is 0 Å². The summed E-state index contributed by atoms with van der Waals surface area (Å²) in [4.78, 5) is 0. The normalized spacial score (nSPS) is 45.0. The van der Waals surface area contributed by atoms with Crippen LogP contribution in [0.1, 0.15) is 20.3 Å². The summed E-state index contributed by atoms with van der Waals surface area (Å²) in [5, 5.41) is 9.32. The predicted octanol–water partition coefficient (Wildman–Crippen LogP) is 0.792. The first-order valence-electron chi connectivity index (χ1n) is 3.51. The van der Waals surface area contributed by atoms with Crippen LogP contribution in [0.25, 0.3) is 0 Å². The molecule has 2 heteroatoms. The van der Waals surface area contributed by atoms with Gasteiger partial charge in [0.1, 0.15) is 0 Å². The minimum Gasteiger partial charge on any atom is -0.390 e. The largest absolute Gasteiger partial charge is 0.390 e. The molecule has 1 saturated heterocycles. The van der Waals surface area contributed by atoms with Gasteiger partial charge in [0.25, 0.3) is 0 Å². The topological polar surface area (TPSA) is 29.5 Å². The Labute approximate surface area is 55.8 Å². The SMILES string of the molecule is C[C@@H]1CCO[C@@H](C)[C@@H]1O. The van der Waals surface area contributed by atoms with Gasteiger partial charge in [0.15, 0.2) is 0 Å². The third-order valence-electron chi connectivity index (χ3n) is 2.02. The average molecular weight is 130 g/mol. The number of aliphatic hydroxyl groups is 1. The molecule has 1 N–H and O–H groups in total. The summed E-state index contributed by atoms with van der Waals surface area (Å²) in [6.07, 6.45) is 0.776. The molecule has 9 heavy (non-hydrogen) atoms. The fourth-order valence-electron chi connectivity index (χ4n) is 1.17. The van der Waals surface area contributed by atoms with Crippen LogP contribution in [-0.2, 0) is 4.74 Å². The molecule has 0 amide bonds. The Hall–Kier alpha value is -0.0800. The molecule has 1 fully saturated rings. The maximum absolute atomic E-state index is 9.32. The Morgan fingerprint density at radius 2 is 2.11 bits per heavy atom. The number of rotatable bonds is 0. The lowest BCUT2D eigenvalue weighted by atomic mass is 9.95. The fourth-order valence-corrected chi connectivity index (χ4v) is 1.17. The van der Waals surface area contributed by atoms with Crippen molar-refractivity contribution in [2.45, 2.75) is 32.5 Å². The molecule has 0 aromatic carbocycles. The van der Waals surface area contributed by atoms with Gasteiger partial charge >= 0.3 is 0 Å². The molecule has 1 aliphatic heterocycles. The Morgan fingerprint density at radius 3 is 2.56 bits per heavy atom. The summed E-state index contributed by atoms with van der Waals surface area (Å²) < 4.78 is 5.21. The lowest BCUT2D eigenvalue weighted by molar-refractivity contribution is -0.0911. The standard InChI is InChI=1S/C7H14O2/c1-5-3-4-9-6(2)7(5)8/h5-8H,3-4H2,1-2H3/t5-,6+,7-/m1/s1. The molecule has 0 aromatic rings. The Kier molecular flexibility index (Phi) is 2.09. The summed E-state index contributed by atoms with van der Waals surface area (Å²) in [6.45, 7) is 4.78. The number of ether oxygens (including phenoxy) is 1. The second kappa shape index (κ2) is 2.67. The van der Waals surface area contributed by atoms with Crippen LogP contribution < -0.4 is 0 Å². The lowest BCUT2D eigenvalue weighted by Gasteiger charge is -2.30. The lowest BCUT2D eigenvalue weighted by Crippen LogP contribution is -2.37. The summed E-state index contributed by atoms with van der Waals surface area (Å²) in [5.74, 6) is 0.411. The van der Waals surface area contributed by atoms with Gasteiger partial charge in [0, 0.05) is 6.61 Å². The number of aliphatic hydroxyl groups excluding tert-OH is 1. The van der Waals surface area contributed by atoms with E-state index in [-0.39, 0.29) is 12.2 Å². The molecule has 0 aliphatic carbocycles.